The maximum absolute atomic E-state index is 5.95. The average molecular weight is 323 g/mol. The lowest BCUT2D eigenvalue weighted by Crippen LogP contribution is -2.35. The van der Waals surface area contributed by atoms with Crippen LogP contribution >= 0.6 is 0 Å². The number of nitrogen functional groups attached to an aromatic ring is 1. The molecule has 24 heavy (non-hydrogen) atoms. The van der Waals surface area contributed by atoms with Crippen LogP contribution in [0.4, 0.5) is 11.4 Å². The van der Waals surface area contributed by atoms with Crippen molar-refractivity contribution in [2.24, 2.45) is 5.92 Å². The number of para-hydroxylation sites is 2. The largest absolute Gasteiger partial charge is 0.397 e. The molecule has 1 heterocycles. The highest BCUT2D eigenvalue weighted by atomic mass is 15.1. The van der Waals surface area contributed by atoms with Crippen molar-refractivity contribution in [2.75, 3.05) is 37.2 Å². The van der Waals surface area contributed by atoms with E-state index in [0.29, 0.717) is 0 Å². The molecule has 0 spiro atoms. The quantitative estimate of drug-likeness (QED) is 0.597. The molecule has 1 saturated heterocycles. The Kier molecular flexibility index (Phi) is 6.13. The van der Waals surface area contributed by atoms with E-state index in [9.17, 15) is 0 Å². The van der Waals surface area contributed by atoms with Gasteiger partial charge >= 0.3 is 0 Å². The fraction of sp³-hybridized carbons (Fsp3) is 0.429. The lowest BCUT2D eigenvalue weighted by atomic mass is 9.90. The van der Waals surface area contributed by atoms with Crippen molar-refractivity contribution in [3.8, 4) is 0 Å². The molecule has 0 radical (unpaired) electrons. The van der Waals surface area contributed by atoms with Crippen molar-refractivity contribution < 1.29 is 0 Å². The zero-order valence-electron chi connectivity index (χ0n) is 14.5. The minimum Gasteiger partial charge on any atom is -0.397 e. The second-order valence-electron chi connectivity index (χ2n) is 6.84. The minimum atomic E-state index is 0.833. The molecule has 0 unspecified atom stereocenters. The molecule has 3 heteroatoms. The number of benzene rings is 2. The molecule has 2 aromatic carbocycles. The first-order valence-corrected chi connectivity index (χ1v) is 9.16. The van der Waals surface area contributed by atoms with Crippen molar-refractivity contribution in [1.29, 1.82) is 0 Å². The van der Waals surface area contributed by atoms with Crippen molar-refractivity contribution in [2.45, 2.75) is 25.7 Å². The molecule has 0 aliphatic carbocycles. The van der Waals surface area contributed by atoms with E-state index >= 15 is 0 Å². The van der Waals surface area contributed by atoms with Gasteiger partial charge in [0.2, 0.25) is 0 Å². The number of nitrogens with one attached hydrogen (secondary N) is 1. The number of piperidine rings is 1. The van der Waals surface area contributed by atoms with Crippen LogP contribution in [0.1, 0.15) is 24.8 Å². The van der Waals surface area contributed by atoms with E-state index in [1.54, 1.807) is 0 Å². The number of hydrogen-bond donors (Lipinski definition) is 2. The number of likely N-dealkylation sites (tertiary alicyclic amines) is 1. The highest BCUT2D eigenvalue weighted by Crippen LogP contribution is 2.22. The standard InChI is InChI=1S/C21H29N3/c22-20-9-4-5-10-21(20)23-13-6-14-24-15-11-19(12-16-24)17-18-7-2-1-3-8-18/h1-5,7-10,19,23H,6,11-17,22H2. The Labute approximate surface area is 145 Å². The third-order valence-corrected chi connectivity index (χ3v) is 5.00. The normalized spacial score (nSPS) is 16.2. The Balaban J connectivity index is 1.32. The van der Waals surface area contributed by atoms with Gasteiger partial charge in [-0.3, -0.25) is 0 Å². The SMILES string of the molecule is Nc1ccccc1NCCCN1CCC(Cc2ccccc2)CC1. The Morgan fingerprint density at radius 1 is 0.958 bits per heavy atom. The van der Waals surface area contributed by atoms with E-state index in [4.69, 9.17) is 5.73 Å². The summed E-state index contributed by atoms with van der Waals surface area (Å²) in [7, 11) is 0. The average Bonchev–Trinajstić information content (AvgIpc) is 2.62. The first-order valence-electron chi connectivity index (χ1n) is 9.16. The highest BCUT2D eigenvalue weighted by Gasteiger charge is 2.18. The Morgan fingerprint density at radius 2 is 1.67 bits per heavy atom. The molecule has 1 aliphatic heterocycles. The summed E-state index contributed by atoms with van der Waals surface area (Å²) in [4.78, 5) is 2.61. The van der Waals surface area contributed by atoms with Gasteiger partial charge in [0.25, 0.3) is 0 Å². The summed E-state index contributed by atoms with van der Waals surface area (Å²) in [6.07, 6.45) is 5.06. The summed E-state index contributed by atoms with van der Waals surface area (Å²) in [6.45, 7) is 4.64. The lowest BCUT2D eigenvalue weighted by molar-refractivity contribution is 0.183. The zero-order chi connectivity index (χ0) is 16.6. The second kappa shape index (κ2) is 8.74. The topological polar surface area (TPSA) is 41.3 Å². The molecular formula is C21H29N3. The van der Waals surface area contributed by atoms with Gasteiger partial charge in [0.05, 0.1) is 11.4 Å². The molecule has 3 N–H and O–H groups in total. The predicted octanol–water partition coefficient (Wildman–Crippen LogP) is 4.03. The van der Waals surface area contributed by atoms with E-state index in [-0.39, 0.29) is 0 Å². The number of nitrogens with zero attached hydrogens (tertiary/aromatic N) is 1. The highest BCUT2D eigenvalue weighted by molar-refractivity contribution is 5.65. The Hall–Kier alpha value is -2.00. The first-order chi connectivity index (χ1) is 11.8. The Bertz CT molecular complexity index is 603. The van der Waals surface area contributed by atoms with Crippen molar-refractivity contribution in [3.63, 3.8) is 0 Å². The molecule has 2 aromatic rings. The molecule has 0 aromatic heterocycles. The van der Waals surface area contributed by atoms with Crippen LogP contribution in [-0.4, -0.2) is 31.1 Å². The fourth-order valence-electron chi connectivity index (χ4n) is 3.55. The molecule has 1 aliphatic rings. The van der Waals surface area contributed by atoms with Crippen LogP contribution in [0.3, 0.4) is 0 Å². The van der Waals surface area contributed by atoms with Gasteiger partial charge in [-0.05, 0) is 68.9 Å². The van der Waals surface area contributed by atoms with Gasteiger partial charge in [0, 0.05) is 6.54 Å². The summed E-state index contributed by atoms with van der Waals surface area (Å²) in [6, 6.07) is 18.9. The predicted molar refractivity (Wildman–Crippen MR) is 103 cm³/mol. The molecule has 0 bridgehead atoms. The minimum absolute atomic E-state index is 0.833. The van der Waals surface area contributed by atoms with Gasteiger partial charge in [0.15, 0.2) is 0 Å². The van der Waals surface area contributed by atoms with Crippen LogP contribution in [0.25, 0.3) is 0 Å². The molecule has 0 amide bonds. The van der Waals surface area contributed by atoms with Gasteiger partial charge in [-0.25, -0.2) is 0 Å². The summed E-state index contributed by atoms with van der Waals surface area (Å²) in [5.74, 6) is 0.853. The maximum atomic E-state index is 5.95. The summed E-state index contributed by atoms with van der Waals surface area (Å²) in [5.41, 5.74) is 9.33. The zero-order valence-corrected chi connectivity index (χ0v) is 14.5. The second-order valence-corrected chi connectivity index (χ2v) is 6.84. The summed E-state index contributed by atoms with van der Waals surface area (Å²) < 4.78 is 0. The van der Waals surface area contributed by atoms with Crippen LogP contribution in [0.5, 0.6) is 0 Å². The van der Waals surface area contributed by atoms with Gasteiger partial charge in [0.1, 0.15) is 0 Å². The van der Waals surface area contributed by atoms with Gasteiger partial charge in [-0.1, -0.05) is 42.5 Å². The lowest BCUT2D eigenvalue weighted by Gasteiger charge is -2.32. The molecule has 0 atom stereocenters. The molecular weight excluding hydrogens is 294 g/mol. The van der Waals surface area contributed by atoms with Crippen LogP contribution in [0.2, 0.25) is 0 Å². The fourth-order valence-corrected chi connectivity index (χ4v) is 3.55. The molecule has 1 fully saturated rings. The number of nitrogens with two attached hydrogens (primary N) is 1. The van der Waals surface area contributed by atoms with Gasteiger partial charge in [-0.2, -0.15) is 0 Å². The number of hydrogen-bond acceptors (Lipinski definition) is 3. The third-order valence-electron chi connectivity index (χ3n) is 5.00. The Morgan fingerprint density at radius 3 is 2.42 bits per heavy atom. The van der Waals surface area contributed by atoms with Crippen molar-refractivity contribution in [3.05, 3.63) is 60.2 Å². The third kappa shape index (κ3) is 5.00. The molecule has 3 rings (SSSR count). The number of anilines is 2. The van der Waals surface area contributed by atoms with E-state index in [1.165, 1.54) is 44.5 Å². The van der Waals surface area contributed by atoms with Gasteiger partial charge < -0.3 is 16.0 Å². The van der Waals surface area contributed by atoms with Gasteiger partial charge in [-0.15, -0.1) is 0 Å². The first kappa shape index (κ1) is 16.8. The van der Waals surface area contributed by atoms with Crippen LogP contribution in [0, 0.1) is 5.92 Å². The van der Waals surface area contributed by atoms with E-state index in [0.717, 1.165) is 30.3 Å². The van der Waals surface area contributed by atoms with Crippen molar-refractivity contribution in [1.82, 2.24) is 4.90 Å². The van der Waals surface area contributed by atoms with Crippen molar-refractivity contribution >= 4 is 11.4 Å². The van der Waals surface area contributed by atoms with E-state index in [1.807, 2.05) is 24.3 Å². The van der Waals surface area contributed by atoms with Crippen LogP contribution in [-0.2, 0) is 6.42 Å². The van der Waals surface area contributed by atoms with E-state index < -0.39 is 0 Å². The maximum Gasteiger partial charge on any atom is 0.0573 e. The summed E-state index contributed by atoms with van der Waals surface area (Å²) >= 11 is 0. The summed E-state index contributed by atoms with van der Waals surface area (Å²) in [5, 5.41) is 3.44. The van der Waals surface area contributed by atoms with E-state index in [2.05, 4.69) is 40.5 Å². The van der Waals surface area contributed by atoms with Crippen LogP contribution in [0.15, 0.2) is 54.6 Å². The monoisotopic (exact) mass is 323 g/mol. The molecule has 3 nitrogen and oxygen atoms in total. The number of rotatable bonds is 7. The molecule has 128 valence electrons. The van der Waals surface area contributed by atoms with Crippen LogP contribution < -0.4 is 11.1 Å². The molecule has 0 saturated carbocycles. The smallest absolute Gasteiger partial charge is 0.0573 e.